The Kier molecular flexibility index (Phi) is 3.80. The van der Waals surface area contributed by atoms with Crippen molar-refractivity contribution in [2.45, 2.75) is 19.9 Å². The molecule has 3 aromatic rings. The van der Waals surface area contributed by atoms with Gasteiger partial charge in [-0.15, -0.1) is 11.3 Å². The topological polar surface area (TPSA) is 44.9 Å². The van der Waals surface area contributed by atoms with Crippen molar-refractivity contribution in [2.24, 2.45) is 5.92 Å². The third kappa shape index (κ3) is 2.85. The van der Waals surface area contributed by atoms with E-state index in [2.05, 4.69) is 30.2 Å². The van der Waals surface area contributed by atoms with Gasteiger partial charge in [0.1, 0.15) is 5.69 Å². The Morgan fingerprint density at radius 2 is 2.00 bits per heavy atom. The third-order valence-corrected chi connectivity index (χ3v) is 4.53. The number of amides is 1. The first kappa shape index (κ1) is 13.9. The molecule has 4 heteroatoms. The van der Waals surface area contributed by atoms with E-state index in [1.807, 2.05) is 41.8 Å². The number of fused-ring (bicyclic) bond motifs is 1. The molecule has 2 aromatic heterocycles. The second kappa shape index (κ2) is 5.74. The highest BCUT2D eigenvalue weighted by atomic mass is 32.1. The van der Waals surface area contributed by atoms with E-state index in [1.165, 1.54) is 4.88 Å². The van der Waals surface area contributed by atoms with E-state index in [4.69, 9.17) is 0 Å². The van der Waals surface area contributed by atoms with Gasteiger partial charge in [-0.05, 0) is 29.5 Å². The van der Waals surface area contributed by atoms with E-state index >= 15 is 0 Å². The summed E-state index contributed by atoms with van der Waals surface area (Å²) in [5, 5.41) is 6.23. The number of rotatable bonds is 4. The Morgan fingerprint density at radius 3 is 2.67 bits per heavy atom. The van der Waals surface area contributed by atoms with Crippen LogP contribution >= 0.6 is 11.3 Å². The van der Waals surface area contributed by atoms with Crippen LogP contribution in [0.2, 0.25) is 0 Å². The Hall–Kier alpha value is -2.07. The smallest absolute Gasteiger partial charge is 0.268 e. The van der Waals surface area contributed by atoms with Crippen LogP contribution in [0, 0.1) is 5.92 Å². The zero-order valence-corrected chi connectivity index (χ0v) is 12.9. The molecule has 2 N–H and O–H groups in total. The molecular weight excluding hydrogens is 280 g/mol. The van der Waals surface area contributed by atoms with Crippen LogP contribution in [0.3, 0.4) is 0 Å². The predicted octanol–water partition coefficient (Wildman–Crippen LogP) is 4.36. The first-order valence-electron chi connectivity index (χ1n) is 7.07. The number of thiophene rings is 1. The molecular formula is C17H18N2OS. The molecule has 0 spiro atoms. The van der Waals surface area contributed by atoms with E-state index in [0.717, 1.165) is 10.9 Å². The summed E-state index contributed by atoms with van der Waals surface area (Å²) < 4.78 is 0. The lowest BCUT2D eigenvalue weighted by Gasteiger charge is -2.20. The summed E-state index contributed by atoms with van der Waals surface area (Å²) in [6.07, 6.45) is 0. The summed E-state index contributed by atoms with van der Waals surface area (Å²) in [4.78, 5) is 16.9. The zero-order valence-electron chi connectivity index (χ0n) is 12.1. The number of para-hydroxylation sites is 1. The van der Waals surface area contributed by atoms with Gasteiger partial charge in [0, 0.05) is 15.8 Å². The van der Waals surface area contributed by atoms with E-state index < -0.39 is 0 Å². The largest absolute Gasteiger partial charge is 0.351 e. The van der Waals surface area contributed by atoms with Crippen LogP contribution in [-0.2, 0) is 0 Å². The van der Waals surface area contributed by atoms with Gasteiger partial charge in [-0.3, -0.25) is 4.79 Å². The molecule has 108 valence electrons. The molecule has 1 atom stereocenters. The summed E-state index contributed by atoms with van der Waals surface area (Å²) in [5.74, 6) is 0.287. The minimum absolute atomic E-state index is 0.0453. The van der Waals surface area contributed by atoms with Crippen LogP contribution in [-0.4, -0.2) is 10.9 Å². The number of carbonyl (C=O) groups excluding carboxylic acids is 1. The fourth-order valence-electron chi connectivity index (χ4n) is 2.45. The maximum Gasteiger partial charge on any atom is 0.268 e. The highest BCUT2D eigenvalue weighted by molar-refractivity contribution is 7.10. The molecule has 3 rings (SSSR count). The Balaban J connectivity index is 1.84. The van der Waals surface area contributed by atoms with Gasteiger partial charge in [0.05, 0.1) is 6.04 Å². The molecule has 21 heavy (non-hydrogen) atoms. The van der Waals surface area contributed by atoms with Gasteiger partial charge in [0.25, 0.3) is 5.91 Å². The van der Waals surface area contributed by atoms with Crippen LogP contribution in [0.5, 0.6) is 0 Å². The second-order valence-electron chi connectivity index (χ2n) is 5.48. The number of nitrogens with one attached hydrogen (secondary N) is 2. The molecule has 0 fully saturated rings. The molecule has 0 unspecified atom stereocenters. The minimum atomic E-state index is -0.0571. The van der Waals surface area contributed by atoms with Gasteiger partial charge in [0.15, 0.2) is 0 Å². The number of hydrogen-bond acceptors (Lipinski definition) is 2. The number of H-pyrrole nitrogens is 1. The number of benzene rings is 1. The summed E-state index contributed by atoms with van der Waals surface area (Å²) in [5.41, 5.74) is 1.60. The predicted molar refractivity (Wildman–Crippen MR) is 87.7 cm³/mol. The fourth-order valence-corrected chi connectivity index (χ4v) is 3.40. The monoisotopic (exact) mass is 298 g/mol. The lowest BCUT2D eigenvalue weighted by Crippen LogP contribution is -2.31. The molecule has 0 aliphatic carbocycles. The highest BCUT2D eigenvalue weighted by Crippen LogP contribution is 2.26. The van der Waals surface area contributed by atoms with E-state index in [1.54, 1.807) is 11.3 Å². The van der Waals surface area contributed by atoms with Crippen molar-refractivity contribution in [2.75, 3.05) is 0 Å². The molecule has 1 amide bonds. The van der Waals surface area contributed by atoms with Crippen LogP contribution < -0.4 is 5.32 Å². The number of aromatic amines is 1. The van der Waals surface area contributed by atoms with Crippen molar-refractivity contribution in [3.05, 3.63) is 58.4 Å². The van der Waals surface area contributed by atoms with Gasteiger partial charge in [-0.25, -0.2) is 0 Å². The SMILES string of the molecule is CC(C)[C@H](NC(=O)c1cc2ccccc2[nH]1)c1cccs1. The van der Waals surface area contributed by atoms with Crippen LogP contribution in [0.4, 0.5) is 0 Å². The second-order valence-corrected chi connectivity index (χ2v) is 6.46. The van der Waals surface area contributed by atoms with E-state index in [-0.39, 0.29) is 11.9 Å². The van der Waals surface area contributed by atoms with Gasteiger partial charge in [0.2, 0.25) is 0 Å². The molecule has 2 heterocycles. The van der Waals surface area contributed by atoms with Crippen molar-refractivity contribution in [3.63, 3.8) is 0 Å². The Labute approximate surface area is 128 Å². The normalized spacial score (nSPS) is 12.7. The van der Waals surface area contributed by atoms with Crippen LogP contribution in [0.15, 0.2) is 47.8 Å². The molecule has 0 bridgehead atoms. The van der Waals surface area contributed by atoms with Crippen molar-refractivity contribution < 1.29 is 4.79 Å². The summed E-state index contributed by atoms with van der Waals surface area (Å²) in [7, 11) is 0. The number of carbonyl (C=O) groups is 1. The van der Waals surface area contributed by atoms with Gasteiger partial charge in [-0.1, -0.05) is 38.1 Å². The highest BCUT2D eigenvalue weighted by Gasteiger charge is 2.20. The fraction of sp³-hybridized carbons (Fsp3) is 0.235. The van der Waals surface area contributed by atoms with Gasteiger partial charge < -0.3 is 10.3 Å². The van der Waals surface area contributed by atoms with E-state index in [9.17, 15) is 4.79 Å². The minimum Gasteiger partial charge on any atom is -0.351 e. The first-order chi connectivity index (χ1) is 10.1. The van der Waals surface area contributed by atoms with E-state index in [0.29, 0.717) is 11.6 Å². The van der Waals surface area contributed by atoms with Crippen molar-refractivity contribution in [3.8, 4) is 0 Å². The summed E-state index contributed by atoms with van der Waals surface area (Å²) >= 11 is 1.68. The van der Waals surface area contributed by atoms with Crippen molar-refractivity contribution >= 4 is 28.1 Å². The summed E-state index contributed by atoms with van der Waals surface area (Å²) in [6, 6.07) is 13.9. The molecule has 1 aromatic carbocycles. The number of aromatic nitrogens is 1. The number of hydrogen-bond donors (Lipinski definition) is 2. The lowest BCUT2D eigenvalue weighted by atomic mass is 10.0. The average Bonchev–Trinajstić information content (AvgIpc) is 3.12. The third-order valence-electron chi connectivity index (χ3n) is 3.58. The maximum atomic E-state index is 12.5. The molecule has 0 saturated carbocycles. The quantitative estimate of drug-likeness (QED) is 0.738. The molecule has 3 nitrogen and oxygen atoms in total. The first-order valence-corrected chi connectivity index (χ1v) is 7.95. The Morgan fingerprint density at radius 1 is 1.19 bits per heavy atom. The lowest BCUT2D eigenvalue weighted by molar-refractivity contribution is 0.0922. The zero-order chi connectivity index (χ0) is 14.8. The van der Waals surface area contributed by atoms with Crippen LogP contribution in [0.1, 0.15) is 35.3 Å². The van der Waals surface area contributed by atoms with Gasteiger partial charge >= 0.3 is 0 Å². The van der Waals surface area contributed by atoms with Crippen molar-refractivity contribution in [1.29, 1.82) is 0 Å². The van der Waals surface area contributed by atoms with Crippen molar-refractivity contribution in [1.82, 2.24) is 10.3 Å². The van der Waals surface area contributed by atoms with Gasteiger partial charge in [-0.2, -0.15) is 0 Å². The maximum absolute atomic E-state index is 12.5. The Bertz CT molecular complexity index is 710. The standard InChI is InChI=1S/C17H18N2OS/c1-11(2)16(15-8-5-9-21-15)19-17(20)14-10-12-6-3-4-7-13(12)18-14/h3-11,16,18H,1-2H3,(H,19,20)/t16-/m0/s1. The average molecular weight is 298 g/mol. The molecule has 0 aliphatic heterocycles. The molecule has 0 aliphatic rings. The molecule has 0 radical (unpaired) electrons. The molecule has 0 saturated heterocycles. The van der Waals surface area contributed by atoms with Crippen LogP contribution in [0.25, 0.3) is 10.9 Å². The summed E-state index contributed by atoms with van der Waals surface area (Å²) in [6.45, 7) is 4.24.